The van der Waals surface area contributed by atoms with Gasteiger partial charge in [-0.05, 0) is 44.0 Å². The van der Waals surface area contributed by atoms with Gasteiger partial charge in [0.1, 0.15) is 0 Å². The number of nitrogens with one attached hydrogen (secondary N) is 1. The van der Waals surface area contributed by atoms with Gasteiger partial charge < -0.3 is 11.1 Å². The highest BCUT2D eigenvalue weighted by atomic mass is 35.5. The van der Waals surface area contributed by atoms with Gasteiger partial charge in [0.05, 0.1) is 6.04 Å². The van der Waals surface area contributed by atoms with Crippen LogP contribution in [0.4, 0.5) is 0 Å². The number of halogens is 1. The molecular formula is C13H19ClN2O. The van der Waals surface area contributed by atoms with Gasteiger partial charge in [-0.25, -0.2) is 0 Å². The summed E-state index contributed by atoms with van der Waals surface area (Å²) >= 11 is 5.81. The number of hydrogen-bond donors (Lipinski definition) is 2. The molecule has 1 amide bonds. The van der Waals surface area contributed by atoms with Crippen LogP contribution in [0.25, 0.3) is 0 Å². The number of unbranched alkanes of at least 4 members (excludes halogenated alkanes) is 1. The highest BCUT2D eigenvalue weighted by molar-refractivity contribution is 6.30. The largest absolute Gasteiger partial charge is 0.350 e. The van der Waals surface area contributed by atoms with Crippen LogP contribution < -0.4 is 11.1 Å². The Morgan fingerprint density at radius 2 is 2.00 bits per heavy atom. The van der Waals surface area contributed by atoms with E-state index < -0.39 is 0 Å². The number of carbonyl (C=O) groups excluding carboxylic acids is 1. The predicted octanol–water partition coefficient (Wildman–Crippen LogP) is 2.65. The van der Waals surface area contributed by atoms with Crippen LogP contribution in [0.15, 0.2) is 24.3 Å². The standard InChI is InChI=1S/C13H19ClN2O/c1-10(11-5-7-12(14)8-6-11)16-13(17)4-2-3-9-15/h5-8,10H,2-4,9,15H2,1H3,(H,16,17). The van der Waals surface area contributed by atoms with Crippen molar-refractivity contribution in [3.8, 4) is 0 Å². The third-order valence-corrected chi connectivity index (χ3v) is 2.86. The van der Waals surface area contributed by atoms with Gasteiger partial charge in [0.25, 0.3) is 0 Å². The van der Waals surface area contributed by atoms with Crippen molar-refractivity contribution in [2.45, 2.75) is 32.2 Å². The highest BCUT2D eigenvalue weighted by Crippen LogP contribution is 2.16. The molecule has 0 aliphatic carbocycles. The molecule has 0 fully saturated rings. The van der Waals surface area contributed by atoms with Gasteiger partial charge in [-0.2, -0.15) is 0 Å². The maximum atomic E-state index is 11.6. The van der Waals surface area contributed by atoms with E-state index in [0.717, 1.165) is 18.4 Å². The molecule has 0 heterocycles. The molecule has 1 aromatic carbocycles. The number of amides is 1. The molecule has 0 aliphatic heterocycles. The highest BCUT2D eigenvalue weighted by Gasteiger charge is 2.08. The summed E-state index contributed by atoms with van der Waals surface area (Å²) in [5.74, 6) is 0.0703. The lowest BCUT2D eigenvalue weighted by atomic mass is 10.1. The van der Waals surface area contributed by atoms with E-state index in [1.807, 2.05) is 31.2 Å². The molecule has 1 aromatic rings. The summed E-state index contributed by atoms with van der Waals surface area (Å²) in [6.45, 7) is 2.60. The number of rotatable bonds is 6. The van der Waals surface area contributed by atoms with Crippen LogP contribution >= 0.6 is 11.6 Å². The second-order valence-corrected chi connectivity index (χ2v) is 4.52. The Balaban J connectivity index is 2.40. The van der Waals surface area contributed by atoms with Crippen molar-refractivity contribution in [1.29, 1.82) is 0 Å². The van der Waals surface area contributed by atoms with Crippen LogP contribution in [0.1, 0.15) is 37.8 Å². The number of nitrogens with two attached hydrogens (primary N) is 1. The van der Waals surface area contributed by atoms with Gasteiger partial charge in [-0.1, -0.05) is 23.7 Å². The fourth-order valence-corrected chi connectivity index (χ4v) is 1.70. The smallest absolute Gasteiger partial charge is 0.220 e. The number of carbonyl (C=O) groups is 1. The molecule has 0 radical (unpaired) electrons. The first-order chi connectivity index (χ1) is 8.13. The average molecular weight is 255 g/mol. The Morgan fingerprint density at radius 1 is 1.35 bits per heavy atom. The molecule has 1 unspecified atom stereocenters. The topological polar surface area (TPSA) is 55.1 Å². The lowest BCUT2D eigenvalue weighted by Crippen LogP contribution is -2.26. The van der Waals surface area contributed by atoms with Gasteiger partial charge in [-0.15, -0.1) is 0 Å². The summed E-state index contributed by atoms with van der Waals surface area (Å²) < 4.78 is 0. The van der Waals surface area contributed by atoms with Crippen molar-refractivity contribution in [2.24, 2.45) is 5.73 Å². The van der Waals surface area contributed by atoms with Crippen molar-refractivity contribution >= 4 is 17.5 Å². The van der Waals surface area contributed by atoms with E-state index in [2.05, 4.69) is 5.32 Å². The molecule has 0 spiro atoms. The van der Waals surface area contributed by atoms with Crippen LogP contribution in [-0.4, -0.2) is 12.5 Å². The van der Waals surface area contributed by atoms with Gasteiger partial charge in [-0.3, -0.25) is 4.79 Å². The van der Waals surface area contributed by atoms with E-state index in [0.29, 0.717) is 18.0 Å². The van der Waals surface area contributed by atoms with E-state index in [1.165, 1.54) is 0 Å². The Labute approximate surface area is 107 Å². The van der Waals surface area contributed by atoms with Crippen molar-refractivity contribution in [3.63, 3.8) is 0 Å². The zero-order valence-corrected chi connectivity index (χ0v) is 10.8. The van der Waals surface area contributed by atoms with Gasteiger partial charge >= 0.3 is 0 Å². The summed E-state index contributed by atoms with van der Waals surface area (Å²) in [4.78, 5) is 11.6. The Bertz CT molecular complexity index is 351. The van der Waals surface area contributed by atoms with Crippen molar-refractivity contribution in [3.05, 3.63) is 34.9 Å². The lowest BCUT2D eigenvalue weighted by Gasteiger charge is -2.14. The monoisotopic (exact) mass is 254 g/mol. The van der Waals surface area contributed by atoms with Crippen LogP contribution in [-0.2, 0) is 4.79 Å². The van der Waals surface area contributed by atoms with Crippen LogP contribution in [0.2, 0.25) is 5.02 Å². The van der Waals surface area contributed by atoms with E-state index in [1.54, 1.807) is 0 Å². The van der Waals surface area contributed by atoms with Crippen molar-refractivity contribution in [2.75, 3.05) is 6.54 Å². The molecule has 0 saturated heterocycles. The minimum absolute atomic E-state index is 0.0117. The van der Waals surface area contributed by atoms with Gasteiger partial charge in [0.2, 0.25) is 5.91 Å². The normalized spacial score (nSPS) is 12.2. The van der Waals surface area contributed by atoms with E-state index in [-0.39, 0.29) is 11.9 Å². The molecule has 3 N–H and O–H groups in total. The maximum Gasteiger partial charge on any atom is 0.220 e. The summed E-state index contributed by atoms with van der Waals surface area (Å²) in [5, 5.41) is 3.66. The molecule has 17 heavy (non-hydrogen) atoms. The molecule has 0 saturated carbocycles. The van der Waals surface area contributed by atoms with E-state index in [4.69, 9.17) is 17.3 Å². The Morgan fingerprint density at radius 3 is 2.59 bits per heavy atom. The summed E-state index contributed by atoms with van der Waals surface area (Å²) in [6.07, 6.45) is 2.27. The van der Waals surface area contributed by atoms with Crippen molar-refractivity contribution < 1.29 is 4.79 Å². The van der Waals surface area contributed by atoms with Crippen molar-refractivity contribution in [1.82, 2.24) is 5.32 Å². The lowest BCUT2D eigenvalue weighted by molar-refractivity contribution is -0.121. The molecule has 3 nitrogen and oxygen atoms in total. The van der Waals surface area contributed by atoms with Crippen LogP contribution in [0.3, 0.4) is 0 Å². The first kappa shape index (κ1) is 14.0. The predicted molar refractivity (Wildman–Crippen MR) is 70.9 cm³/mol. The Hall–Kier alpha value is -1.06. The van der Waals surface area contributed by atoms with Gasteiger partial charge in [0.15, 0.2) is 0 Å². The number of benzene rings is 1. The molecule has 1 rings (SSSR count). The van der Waals surface area contributed by atoms with E-state index >= 15 is 0 Å². The summed E-state index contributed by atoms with van der Waals surface area (Å²) in [6, 6.07) is 7.51. The fraction of sp³-hybridized carbons (Fsp3) is 0.462. The maximum absolute atomic E-state index is 11.6. The third-order valence-electron chi connectivity index (χ3n) is 2.61. The molecule has 0 aliphatic rings. The second kappa shape index (κ2) is 7.30. The molecule has 0 bridgehead atoms. The quantitative estimate of drug-likeness (QED) is 0.767. The molecular weight excluding hydrogens is 236 g/mol. The van der Waals surface area contributed by atoms with E-state index in [9.17, 15) is 4.79 Å². The summed E-state index contributed by atoms with van der Waals surface area (Å²) in [7, 11) is 0. The first-order valence-electron chi connectivity index (χ1n) is 5.88. The second-order valence-electron chi connectivity index (χ2n) is 4.09. The molecule has 94 valence electrons. The zero-order valence-electron chi connectivity index (χ0n) is 10.1. The number of hydrogen-bond acceptors (Lipinski definition) is 2. The molecule has 4 heteroatoms. The third kappa shape index (κ3) is 5.20. The minimum atomic E-state index is 0.0117. The average Bonchev–Trinajstić information content (AvgIpc) is 2.30. The molecule has 0 aromatic heterocycles. The molecule has 1 atom stereocenters. The van der Waals surface area contributed by atoms with Crippen LogP contribution in [0, 0.1) is 0 Å². The Kier molecular flexibility index (Phi) is 6.01. The fourth-order valence-electron chi connectivity index (χ4n) is 1.58. The van der Waals surface area contributed by atoms with Gasteiger partial charge in [0, 0.05) is 11.4 Å². The first-order valence-corrected chi connectivity index (χ1v) is 6.26. The summed E-state index contributed by atoms with van der Waals surface area (Å²) in [5.41, 5.74) is 6.43. The van der Waals surface area contributed by atoms with Crippen LogP contribution in [0.5, 0.6) is 0 Å². The minimum Gasteiger partial charge on any atom is -0.350 e. The zero-order chi connectivity index (χ0) is 12.7. The SMILES string of the molecule is CC(NC(=O)CCCCN)c1ccc(Cl)cc1.